The number of hydrogen-bond acceptors (Lipinski definition) is 4. The minimum atomic E-state index is -0.435. The lowest BCUT2D eigenvalue weighted by Crippen LogP contribution is -2.31. The molecule has 0 saturated carbocycles. The number of esters is 1. The normalized spacial score (nSPS) is 10.0. The summed E-state index contributed by atoms with van der Waals surface area (Å²) in [5, 5.41) is 8.88. The van der Waals surface area contributed by atoms with Gasteiger partial charge in [0.1, 0.15) is 6.54 Å². The molecular weight excluding hydrogens is 268 g/mol. The smallest absolute Gasteiger partial charge is 0.306 e. The van der Waals surface area contributed by atoms with Gasteiger partial charge in [-0.1, -0.05) is 26.0 Å². The van der Waals surface area contributed by atoms with Crippen LogP contribution in [0, 0.1) is 11.3 Å². The van der Waals surface area contributed by atoms with Crippen LogP contribution in [-0.2, 0) is 14.3 Å². The van der Waals surface area contributed by atoms with E-state index >= 15 is 0 Å². The van der Waals surface area contributed by atoms with Gasteiger partial charge in [0.25, 0.3) is 0 Å². The van der Waals surface area contributed by atoms with Crippen LogP contribution >= 0.6 is 0 Å². The second kappa shape index (κ2) is 8.05. The van der Waals surface area contributed by atoms with E-state index in [0.29, 0.717) is 11.6 Å². The van der Waals surface area contributed by atoms with Crippen molar-refractivity contribution in [1.29, 1.82) is 5.26 Å². The standard InChI is InChI=1S/C16H20N2O3/c1-12(2)13-4-6-14(7-5-13)18(11-10-17)15(19)8-9-16(20)21-3/h4-7,12H,8-9,11H2,1-3H3. The minimum Gasteiger partial charge on any atom is -0.469 e. The molecule has 0 N–H and O–H groups in total. The molecule has 0 aliphatic heterocycles. The van der Waals surface area contributed by atoms with Gasteiger partial charge in [0.2, 0.25) is 5.91 Å². The molecule has 5 nitrogen and oxygen atoms in total. The van der Waals surface area contributed by atoms with Crippen LogP contribution < -0.4 is 4.90 Å². The third-order valence-electron chi connectivity index (χ3n) is 3.17. The average Bonchev–Trinajstić information content (AvgIpc) is 2.50. The third-order valence-corrected chi connectivity index (χ3v) is 3.17. The molecule has 0 spiro atoms. The van der Waals surface area contributed by atoms with Gasteiger partial charge in [0.15, 0.2) is 0 Å². The molecule has 0 heterocycles. The molecule has 0 saturated heterocycles. The fourth-order valence-electron chi connectivity index (χ4n) is 1.88. The van der Waals surface area contributed by atoms with Crippen LogP contribution in [0.25, 0.3) is 0 Å². The molecule has 0 aliphatic carbocycles. The number of methoxy groups -OCH3 is 1. The molecule has 1 aromatic rings. The van der Waals surface area contributed by atoms with Gasteiger partial charge in [0.05, 0.1) is 19.6 Å². The van der Waals surface area contributed by atoms with Gasteiger partial charge >= 0.3 is 5.97 Å². The van der Waals surface area contributed by atoms with E-state index in [0.717, 1.165) is 5.56 Å². The largest absolute Gasteiger partial charge is 0.469 e. The highest BCUT2D eigenvalue weighted by atomic mass is 16.5. The lowest BCUT2D eigenvalue weighted by atomic mass is 10.0. The number of amides is 1. The second-order valence-electron chi connectivity index (χ2n) is 4.96. The van der Waals surface area contributed by atoms with Crippen molar-refractivity contribution in [2.24, 2.45) is 0 Å². The van der Waals surface area contributed by atoms with Crippen molar-refractivity contribution in [3.8, 4) is 6.07 Å². The lowest BCUT2D eigenvalue weighted by molar-refractivity contribution is -0.141. The van der Waals surface area contributed by atoms with Crippen molar-refractivity contribution in [3.63, 3.8) is 0 Å². The predicted octanol–water partition coefficient (Wildman–Crippen LogP) is 2.62. The summed E-state index contributed by atoms with van der Waals surface area (Å²) < 4.78 is 4.51. The maximum Gasteiger partial charge on any atom is 0.306 e. The molecule has 112 valence electrons. The summed E-state index contributed by atoms with van der Waals surface area (Å²) in [6, 6.07) is 9.50. The second-order valence-corrected chi connectivity index (χ2v) is 4.96. The highest BCUT2D eigenvalue weighted by molar-refractivity contribution is 5.95. The van der Waals surface area contributed by atoms with E-state index in [1.165, 1.54) is 12.0 Å². The Hall–Kier alpha value is -2.35. The first-order valence-corrected chi connectivity index (χ1v) is 6.83. The summed E-state index contributed by atoms with van der Waals surface area (Å²) in [7, 11) is 1.28. The minimum absolute atomic E-state index is 0.0152. The van der Waals surface area contributed by atoms with Gasteiger partial charge in [-0.25, -0.2) is 0 Å². The van der Waals surface area contributed by atoms with E-state index in [9.17, 15) is 9.59 Å². The van der Waals surface area contributed by atoms with Crippen molar-refractivity contribution in [1.82, 2.24) is 0 Å². The first-order chi connectivity index (χ1) is 9.99. The Morgan fingerprint density at radius 1 is 1.24 bits per heavy atom. The van der Waals surface area contributed by atoms with Crippen LogP contribution in [0.2, 0.25) is 0 Å². The Bertz CT molecular complexity index is 529. The Balaban J connectivity index is 2.83. The quantitative estimate of drug-likeness (QED) is 0.596. The maximum atomic E-state index is 12.1. The van der Waals surface area contributed by atoms with Crippen LogP contribution in [0.5, 0.6) is 0 Å². The summed E-state index contributed by atoms with van der Waals surface area (Å²) in [5.74, 6) is -0.298. The van der Waals surface area contributed by atoms with Crippen molar-refractivity contribution in [2.45, 2.75) is 32.6 Å². The first kappa shape index (κ1) is 16.7. The highest BCUT2D eigenvalue weighted by Gasteiger charge is 2.17. The number of nitrogens with zero attached hydrogens (tertiary/aromatic N) is 2. The number of ether oxygens (including phenoxy) is 1. The lowest BCUT2D eigenvalue weighted by Gasteiger charge is -2.20. The summed E-state index contributed by atoms with van der Waals surface area (Å²) >= 11 is 0. The Labute approximate surface area is 125 Å². The van der Waals surface area contributed by atoms with Crippen molar-refractivity contribution in [3.05, 3.63) is 29.8 Å². The molecule has 0 aliphatic rings. The third kappa shape index (κ3) is 4.92. The number of carbonyl (C=O) groups excluding carboxylic acids is 2. The van der Waals surface area contributed by atoms with Crippen LogP contribution in [0.15, 0.2) is 24.3 Å². The van der Waals surface area contributed by atoms with Gasteiger partial charge < -0.3 is 4.74 Å². The van der Waals surface area contributed by atoms with E-state index in [-0.39, 0.29) is 25.3 Å². The molecule has 0 atom stereocenters. The average molecular weight is 288 g/mol. The zero-order chi connectivity index (χ0) is 15.8. The van der Waals surface area contributed by atoms with E-state index in [2.05, 4.69) is 18.6 Å². The summed E-state index contributed by atoms with van der Waals surface area (Å²) in [6.07, 6.45) is 0.0433. The van der Waals surface area contributed by atoms with Crippen LogP contribution in [0.4, 0.5) is 5.69 Å². The van der Waals surface area contributed by atoms with Crippen molar-refractivity contribution in [2.75, 3.05) is 18.6 Å². The number of rotatable bonds is 6. The molecule has 0 aromatic heterocycles. The Morgan fingerprint density at radius 2 is 1.86 bits per heavy atom. The number of anilines is 1. The summed E-state index contributed by atoms with van der Waals surface area (Å²) in [6.45, 7) is 4.13. The number of hydrogen-bond donors (Lipinski definition) is 0. The molecule has 5 heteroatoms. The predicted molar refractivity (Wildman–Crippen MR) is 79.7 cm³/mol. The van der Waals surface area contributed by atoms with Crippen molar-refractivity contribution >= 4 is 17.6 Å². The fraction of sp³-hybridized carbons (Fsp3) is 0.438. The summed E-state index contributed by atoms with van der Waals surface area (Å²) in [4.78, 5) is 24.6. The Morgan fingerprint density at radius 3 is 2.33 bits per heavy atom. The van der Waals surface area contributed by atoms with Gasteiger partial charge in [-0.3, -0.25) is 14.5 Å². The SMILES string of the molecule is COC(=O)CCC(=O)N(CC#N)c1ccc(C(C)C)cc1. The molecule has 1 amide bonds. The molecule has 0 unspecified atom stereocenters. The van der Waals surface area contributed by atoms with E-state index in [1.54, 1.807) is 0 Å². The van der Waals surface area contributed by atoms with E-state index in [4.69, 9.17) is 5.26 Å². The highest BCUT2D eigenvalue weighted by Crippen LogP contribution is 2.20. The monoisotopic (exact) mass is 288 g/mol. The van der Waals surface area contributed by atoms with Crippen molar-refractivity contribution < 1.29 is 14.3 Å². The number of carbonyl (C=O) groups is 2. The van der Waals surface area contributed by atoms with Crippen LogP contribution in [0.3, 0.4) is 0 Å². The van der Waals surface area contributed by atoms with Gasteiger partial charge in [-0.05, 0) is 23.6 Å². The van der Waals surface area contributed by atoms with Gasteiger partial charge in [-0.15, -0.1) is 0 Å². The maximum absolute atomic E-state index is 12.1. The Kier molecular flexibility index (Phi) is 6.41. The number of nitriles is 1. The number of benzene rings is 1. The van der Waals surface area contributed by atoms with Gasteiger partial charge in [-0.2, -0.15) is 5.26 Å². The molecule has 21 heavy (non-hydrogen) atoms. The summed E-state index contributed by atoms with van der Waals surface area (Å²) in [5.41, 5.74) is 1.83. The molecule has 1 rings (SSSR count). The zero-order valence-corrected chi connectivity index (χ0v) is 12.6. The molecular formula is C16H20N2O3. The zero-order valence-electron chi connectivity index (χ0n) is 12.6. The van der Waals surface area contributed by atoms with Crippen LogP contribution in [0.1, 0.15) is 38.2 Å². The van der Waals surface area contributed by atoms with E-state index in [1.807, 2.05) is 30.3 Å². The molecule has 1 aromatic carbocycles. The molecule has 0 radical (unpaired) electrons. The first-order valence-electron chi connectivity index (χ1n) is 6.83. The van der Waals surface area contributed by atoms with Crippen LogP contribution in [-0.4, -0.2) is 25.5 Å². The molecule has 0 bridgehead atoms. The van der Waals surface area contributed by atoms with E-state index < -0.39 is 5.97 Å². The van der Waals surface area contributed by atoms with Gasteiger partial charge in [0, 0.05) is 12.1 Å². The fourth-order valence-corrected chi connectivity index (χ4v) is 1.88. The topological polar surface area (TPSA) is 70.4 Å². The molecule has 0 fully saturated rings.